The Morgan fingerprint density at radius 3 is 2.79 bits per heavy atom. The molecule has 1 aromatic heterocycles. The summed E-state index contributed by atoms with van der Waals surface area (Å²) in [7, 11) is 0. The molecule has 0 bridgehead atoms. The lowest BCUT2D eigenvalue weighted by Gasteiger charge is -2.01. The summed E-state index contributed by atoms with van der Waals surface area (Å²) in [6, 6.07) is 14.8. The van der Waals surface area contributed by atoms with Gasteiger partial charge in [-0.15, -0.1) is 11.3 Å². The third-order valence-corrected chi connectivity index (χ3v) is 4.23. The van der Waals surface area contributed by atoms with Gasteiger partial charge in [-0.3, -0.25) is 10.1 Å². The Morgan fingerprint density at radius 1 is 1.25 bits per heavy atom. The third kappa shape index (κ3) is 3.83. The molecule has 1 N–H and O–H groups in total. The van der Waals surface area contributed by atoms with Crippen LogP contribution in [-0.4, -0.2) is 10.9 Å². The van der Waals surface area contributed by atoms with Crippen molar-refractivity contribution in [3.05, 3.63) is 82.1 Å². The second-order valence-electron chi connectivity index (χ2n) is 5.08. The minimum atomic E-state index is -0.310. The van der Waals surface area contributed by atoms with Crippen LogP contribution in [0.15, 0.2) is 54.7 Å². The second kappa shape index (κ2) is 7.02. The number of carbonyl (C=O) groups is 1. The molecule has 0 fully saturated rings. The van der Waals surface area contributed by atoms with Gasteiger partial charge >= 0.3 is 0 Å². The first kappa shape index (κ1) is 15.8. The highest BCUT2D eigenvalue weighted by Crippen LogP contribution is 2.22. The number of amides is 1. The van der Waals surface area contributed by atoms with Gasteiger partial charge in [-0.25, -0.2) is 9.37 Å². The molecule has 0 saturated carbocycles. The van der Waals surface area contributed by atoms with Crippen LogP contribution in [0.1, 0.15) is 26.4 Å². The number of benzene rings is 2. The van der Waals surface area contributed by atoms with Gasteiger partial charge < -0.3 is 0 Å². The summed E-state index contributed by atoms with van der Waals surface area (Å²) in [6.07, 6.45) is 2.31. The number of hydrogen-bond acceptors (Lipinski definition) is 4. The molecule has 0 aliphatic heterocycles. The number of aromatic nitrogens is 1. The van der Waals surface area contributed by atoms with Crippen molar-refractivity contribution < 1.29 is 9.18 Å². The zero-order valence-electron chi connectivity index (χ0n) is 12.5. The highest BCUT2D eigenvalue weighted by atomic mass is 32.1. The normalized spacial score (nSPS) is 10.2. The van der Waals surface area contributed by atoms with Crippen molar-refractivity contribution in [3.8, 4) is 6.07 Å². The molecular weight excluding hydrogens is 325 g/mol. The predicted molar refractivity (Wildman–Crippen MR) is 90.4 cm³/mol. The van der Waals surface area contributed by atoms with Crippen molar-refractivity contribution in [2.24, 2.45) is 0 Å². The number of nitrogens with zero attached hydrogens (tertiary/aromatic N) is 2. The van der Waals surface area contributed by atoms with Crippen molar-refractivity contribution in [2.75, 3.05) is 5.32 Å². The number of halogens is 1. The summed E-state index contributed by atoms with van der Waals surface area (Å²) < 4.78 is 12.9. The maximum atomic E-state index is 12.9. The van der Waals surface area contributed by atoms with Crippen LogP contribution in [0.2, 0.25) is 0 Å². The molecule has 1 heterocycles. The molecule has 4 nitrogen and oxygen atoms in total. The van der Waals surface area contributed by atoms with Gasteiger partial charge in [0.1, 0.15) is 5.82 Å². The zero-order chi connectivity index (χ0) is 16.9. The lowest BCUT2D eigenvalue weighted by Crippen LogP contribution is -2.11. The number of carbonyl (C=O) groups excluding carboxylic acids is 1. The zero-order valence-corrected chi connectivity index (χ0v) is 13.3. The maximum Gasteiger partial charge on any atom is 0.257 e. The molecule has 0 radical (unpaired) electrons. The third-order valence-electron chi connectivity index (χ3n) is 3.32. The minimum Gasteiger partial charge on any atom is -0.298 e. The van der Waals surface area contributed by atoms with E-state index in [9.17, 15) is 9.18 Å². The number of thiazole rings is 1. The average Bonchev–Trinajstić information content (AvgIpc) is 3.04. The standard InChI is InChI=1S/C18H12FN3OS/c19-15-6-4-12(5-7-15)9-16-11-21-18(24-16)22-17(23)14-3-1-2-13(8-14)10-20/h1-8,11H,9H2,(H,21,22,23). The largest absolute Gasteiger partial charge is 0.298 e. The van der Waals surface area contributed by atoms with Crippen LogP contribution in [0.5, 0.6) is 0 Å². The highest BCUT2D eigenvalue weighted by Gasteiger charge is 2.10. The Hall–Kier alpha value is -3.04. The van der Waals surface area contributed by atoms with E-state index in [0.29, 0.717) is 22.7 Å². The molecule has 0 saturated heterocycles. The average molecular weight is 337 g/mol. The molecule has 0 aliphatic carbocycles. The predicted octanol–water partition coefficient (Wildman–Crippen LogP) is 4.00. The Labute approximate surface area is 142 Å². The fraction of sp³-hybridized carbons (Fsp3) is 0.0556. The SMILES string of the molecule is N#Cc1cccc(C(=O)Nc2ncc(Cc3ccc(F)cc3)s2)c1. The van der Waals surface area contributed by atoms with Crippen molar-refractivity contribution in [2.45, 2.75) is 6.42 Å². The molecule has 3 rings (SSSR count). The van der Waals surface area contributed by atoms with Crippen molar-refractivity contribution in [1.82, 2.24) is 4.98 Å². The van der Waals surface area contributed by atoms with Gasteiger partial charge in [0, 0.05) is 23.1 Å². The van der Waals surface area contributed by atoms with Gasteiger partial charge in [-0.2, -0.15) is 5.26 Å². The van der Waals surface area contributed by atoms with Crippen LogP contribution < -0.4 is 5.32 Å². The molecule has 0 spiro atoms. The van der Waals surface area contributed by atoms with Gasteiger partial charge in [-0.05, 0) is 35.9 Å². The molecule has 0 atom stereocenters. The monoisotopic (exact) mass is 337 g/mol. The topological polar surface area (TPSA) is 65.8 Å². The van der Waals surface area contributed by atoms with E-state index >= 15 is 0 Å². The number of rotatable bonds is 4. The van der Waals surface area contributed by atoms with E-state index in [4.69, 9.17) is 5.26 Å². The van der Waals surface area contributed by atoms with Crippen LogP contribution in [0.3, 0.4) is 0 Å². The van der Waals surface area contributed by atoms with Crippen molar-refractivity contribution >= 4 is 22.4 Å². The summed E-state index contributed by atoms with van der Waals surface area (Å²) in [6.45, 7) is 0. The van der Waals surface area contributed by atoms with E-state index in [-0.39, 0.29) is 11.7 Å². The number of nitrogens with one attached hydrogen (secondary N) is 1. The Kier molecular flexibility index (Phi) is 4.64. The number of nitriles is 1. The fourth-order valence-corrected chi connectivity index (χ4v) is 2.99. The fourth-order valence-electron chi connectivity index (χ4n) is 2.15. The van der Waals surface area contributed by atoms with Crippen LogP contribution >= 0.6 is 11.3 Å². The van der Waals surface area contributed by atoms with Gasteiger partial charge in [0.15, 0.2) is 5.13 Å². The van der Waals surface area contributed by atoms with Crippen LogP contribution in [0.4, 0.5) is 9.52 Å². The first-order valence-electron chi connectivity index (χ1n) is 7.15. The van der Waals surface area contributed by atoms with E-state index in [0.717, 1.165) is 10.4 Å². The van der Waals surface area contributed by atoms with Gasteiger partial charge in [-0.1, -0.05) is 18.2 Å². The van der Waals surface area contributed by atoms with Gasteiger partial charge in [0.05, 0.1) is 11.6 Å². The van der Waals surface area contributed by atoms with E-state index in [2.05, 4.69) is 10.3 Å². The van der Waals surface area contributed by atoms with Gasteiger partial charge in [0.25, 0.3) is 5.91 Å². The smallest absolute Gasteiger partial charge is 0.257 e. The molecule has 6 heteroatoms. The lowest BCUT2D eigenvalue weighted by atomic mass is 10.1. The quantitative estimate of drug-likeness (QED) is 0.782. The van der Waals surface area contributed by atoms with Crippen LogP contribution in [0, 0.1) is 17.1 Å². The number of anilines is 1. The summed E-state index contributed by atoms with van der Waals surface area (Å²) in [4.78, 5) is 17.3. The molecule has 118 valence electrons. The first-order valence-corrected chi connectivity index (χ1v) is 7.96. The molecule has 3 aromatic rings. The molecule has 0 aliphatic rings. The lowest BCUT2D eigenvalue weighted by molar-refractivity contribution is 0.102. The summed E-state index contributed by atoms with van der Waals surface area (Å²) in [5, 5.41) is 12.1. The van der Waals surface area contributed by atoms with Crippen molar-refractivity contribution in [3.63, 3.8) is 0 Å². The molecular formula is C18H12FN3OS. The molecule has 2 aromatic carbocycles. The minimum absolute atomic E-state index is 0.268. The van der Waals surface area contributed by atoms with E-state index < -0.39 is 0 Å². The summed E-state index contributed by atoms with van der Waals surface area (Å²) in [5.41, 5.74) is 1.81. The van der Waals surface area contributed by atoms with Crippen molar-refractivity contribution in [1.29, 1.82) is 5.26 Å². The molecule has 0 unspecified atom stereocenters. The van der Waals surface area contributed by atoms with Crippen LogP contribution in [0.25, 0.3) is 0 Å². The first-order chi connectivity index (χ1) is 11.6. The van der Waals surface area contributed by atoms with Crippen LogP contribution in [-0.2, 0) is 6.42 Å². The second-order valence-corrected chi connectivity index (χ2v) is 6.20. The van der Waals surface area contributed by atoms with Gasteiger partial charge in [0.2, 0.25) is 0 Å². The van der Waals surface area contributed by atoms with E-state index in [1.807, 2.05) is 6.07 Å². The summed E-state index contributed by atoms with van der Waals surface area (Å²) >= 11 is 1.36. The number of hydrogen-bond donors (Lipinski definition) is 1. The summed E-state index contributed by atoms with van der Waals surface area (Å²) in [5.74, 6) is -0.578. The van der Waals surface area contributed by atoms with E-state index in [1.165, 1.54) is 29.5 Å². The maximum absolute atomic E-state index is 12.9. The Morgan fingerprint density at radius 2 is 2.04 bits per heavy atom. The Bertz CT molecular complexity index is 913. The van der Waals surface area contributed by atoms with E-state index in [1.54, 1.807) is 36.5 Å². The molecule has 24 heavy (non-hydrogen) atoms. The molecule has 1 amide bonds. The highest BCUT2D eigenvalue weighted by molar-refractivity contribution is 7.15. The Balaban J connectivity index is 1.68.